The Bertz CT molecular complexity index is 493. The maximum Gasteiger partial charge on any atom is 0.127 e. The summed E-state index contributed by atoms with van der Waals surface area (Å²) in [4.78, 5) is 11.2. The Labute approximate surface area is 106 Å². The molecule has 0 spiro atoms. The summed E-state index contributed by atoms with van der Waals surface area (Å²) in [5, 5.41) is 0.653. The zero-order valence-electron chi connectivity index (χ0n) is 9.34. The molecular weight excluding hydrogens is 232 g/mol. The van der Waals surface area contributed by atoms with Gasteiger partial charge >= 0.3 is 0 Å². The van der Waals surface area contributed by atoms with Crippen molar-refractivity contribution in [2.45, 2.75) is 12.3 Å². The smallest absolute Gasteiger partial charge is 0.127 e. The molecule has 0 radical (unpaired) electrons. The van der Waals surface area contributed by atoms with Crippen molar-refractivity contribution in [3.8, 4) is 0 Å². The number of carbonyl (C=O) groups is 1. The van der Waals surface area contributed by atoms with Crippen molar-refractivity contribution in [1.82, 2.24) is 0 Å². The van der Waals surface area contributed by atoms with Crippen LogP contribution < -0.4 is 0 Å². The molecule has 0 saturated carbocycles. The first kappa shape index (κ1) is 11.9. The van der Waals surface area contributed by atoms with E-state index in [0.29, 0.717) is 11.4 Å². The second kappa shape index (κ2) is 5.65. The molecule has 0 aliphatic heterocycles. The Morgan fingerprint density at radius 1 is 1.00 bits per heavy atom. The Balaban J connectivity index is 2.24. The van der Waals surface area contributed by atoms with E-state index in [9.17, 15) is 4.79 Å². The van der Waals surface area contributed by atoms with Gasteiger partial charge in [-0.15, -0.1) is 0 Å². The van der Waals surface area contributed by atoms with Crippen molar-refractivity contribution in [1.29, 1.82) is 0 Å². The summed E-state index contributed by atoms with van der Waals surface area (Å²) in [5.74, 6) is -0.175. The highest BCUT2D eigenvalue weighted by molar-refractivity contribution is 6.31. The maximum atomic E-state index is 11.2. The molecule has 86 valence electrons. The third-order valence-corrected chi connectivity index (χ3v) is 3.11. The minimum Gasteiger partial charge on any atom is -0.303 e. The van der Waals surface area contributed by atoms with E-state index in [1.54, 1.807) is 0 Å². The molecule has 0 heterocycles. The summed E-state index contributed by atoms with van der Waals surface area (Å²) in [6.45, 7) is 0. The average molecular weight is 245 g/mol. The molecule has 0 N–H and O–H groups in total. The van der Waals surface area contributed by atoms with E-state index in [0.717, 1.165) is 17.4 Å². The highest BCUT2D eigenvalue weighted by atomic mass is 35.5. The van der Waals surface area contributed by atoms with Gasteiger partial charge < -0.3 is 4.79 Å². The number of halogens is 1. The van der Waals surface area contributed by atoms with Gasteiger partial charge in [0.2, 0.25) is 0 Å². The molecule has 0 aromatic heterocycles. The Hall–Kier alpha value is -1.60. The maximum absolute atomic E-state index is 11.2. The largest absolute Gasteiger partial charge is 0.303 e. The van der Waals surface area contributed by atoms with Crippen molar-refractivity contribution in [3.63, 3.8) is 0 Å². The highest BCUT2D eigenvalue weighted by Gasteiger charge is 2.13. The SMILES string of the molecule is O=CC(Cc1ccccc1)c1ccccc1Cl. The van der Waals surface area contributed by atoms with Crippen LogP contribution in [0, 0.1) is 0 Å². The average Bonchev–Trinajstić information content (AvgIpc) is 2.38. The Morgan fingerprint density at radius 2 is 1.65 bits per heavy atom. The lowest BCUT2D eigenvalue weighted by molar-refractivity contribution is -0.109. The molecule has 1 atom stereocenters. The fourth-order valence-electron chi connectivity index (χ4n) is 1.88. The summed E-state index contributed by atoms with van der Waals surface area (Å²) in [6.07, 6.45) is 1.66. The molecule has 1 unspecified atom stereocenters. The molecule has 0 saturated heterocycles. The first-order chi connectivity index (χ1) is 8.31. The molecule has 0 amide bonds. The molecule has 2 aromatic carbocycles. The van der Waals surface area contributed by atoms with Gasteiger partial charge in [-0.3, -0.25) is 0 Å². The number of carbonyl (C=O) groups excluding carboxylic acids is 1. The summed E-state index contributed by atoms with van der Waals surface area (Å²) in [7, 11) is 0. The number of rotatable bonds is 4. The van der Waals surface area contributed by atoms with Gasteiger partial charge in [-0.2, -0.15) is 0 Å². The highest BCUT2D eigenvalue weighted by Crippen LogP contribution is 2.25. The molecular formula is C15H13ClO. The van der Waals surface area contributed by atoms with Crippen LogP contribution in [0.3, 0.4) is 0 Å². The van der Waals surface area contributed by atoms with Crippen molar-refractivity contribution in [2.75, 3.05) is 0 Å². The van der Waals surface area contributed by atoms with Crippen LogP contribution in [-0.4, -0.2) is 6.29 Å². The lowest BCUT2D eigenvalue weighted by Gasteiger charge is -2.12. The predicted octanol–water partition coefficient (Wildman–Crippen LogP) is 3.87. The van der Waals surface area contributed by atoms with E-state index in [4.69, 9.17) is 11.6 Å². The molecule has 1 nitrogen and oxygen atoms in total. The molecule has 0 fully saturated rings. The van der Waals surface area contributed by atoms with E-state index >= 15 is 0 Å². The third-order valence-electron chi connectivity index (χ3n) is 2.77. The minimum atomic E-state index is -0.175. The zero-order chi connectivity index (χ0) is 12.1. The predicted molar refractivity (Wildman–Crippen MR) is 70.4 cm³/mol. The third kappa shape index (κ3) is 2.95. The van der Waals surface area contributed by atoms with E-state index in [1.165, 1.54) is 0 Å². The first-order valence-corrected chi connectivity index (χ1v) is 5.92. The van der Waals surface area contributed by atoms with Crippen molar-refractivity contribution >= 4 is 17.9 Å². The molecule has 0 aliphatic carbocycles. The van der Waals surface area contributed by atoms with E-state index in [1.807, 2.05) is 54.6 Å². The summed E-state index contributed by atoms with van der Waals surface area (Å²) < 4.78 is 0. The fraction of sp³-hybridized carbons (Fsp3) is 0.133. The summed E-state index contributed by atoms with van der Waals surface area (Å²) in [5.41, 5.74) is 2.04. The van der Waals surface area contributed by atoms with Crippen LogP contribution in [0.4, 0.5) is 0 Å². The first-order valence-electron chi connectivity index (χ1n) is 5.55. The van der Waals surface area contributed by atoms with E-state index in [-0.39, 0.29) is 5.92 Å². The number of hydrogen-bond acceptors (Lipinski definition) is 1. The standard InChI is InChI=1S/C15H13ClO/c16-15-9-5-4-8-14(15)13(11-17)10-12-6-2-1-3-7-12/h1-9,11,13H,10H2. The molecule has 2 aromatic rings. The van der Waals surface area contributed by atoms with Crippen molar-refractivity contribution < 1.29 is 4.79 Å². The van der Waals surface area contributed by atoms with Gasteiger partial charge in [0.05, 0.1) is 0 Å². The molecule has 2 heteroatoms. The van der Waals surface area contributed by atoms with Gasteiger partial charge in [0.1, 0.15) is 6.29 Å². The second-order valence-corrected chi connectivity index (χ2v) is 4.36. The Kier molecular flexibility index (Phi) is 3.94. The lowest BCUT2D eigenvalue weighted by atomic mass is 9.93. The topological polar surface area (TPSA) is 17.1 Å². The van der Waals surface area contributed by atoms with Gasteiger partial charge in [0.25, 0.3) is 0 Å². The van der Waals surface area contributed by atoms with Gasteiger partial charge in [-0.25, -0.2) is 0 Å². The zero-order valence-corrected chi connectivity index (χ0v) is 10.1. The quantitative estimate of drug-likeness (QED) is 0.747. The van der Waals surface area contributed by atoms with Crippen LogP contribution in [0.1, 0.15) is 17.0 Å². The van der Waals surface area contributed by atoms with Crippen molar-refractivity contribution in [3.05, 3.63) is 70.7 Å². The van der Waals surface area contributed by atoms with E-state index in [2.05, 4.69) is 0 Å². The van der Waals surface area contributed by atoms with Crippen LogP contribution in [-0.2, 0) is 11.2 Å². The van der Waals surface area contributed by atoms with Crippen LogP contribution in [0.5, 0.6) is 0 Å². The number of aldehydes is 1. The number of hydrogen-bond donors (Lipinski definition) is 0. The van der Waals surface area contributed by atoms with E-state index < -0.39 is 0 Å². The molecule has 17 heavy (non-hydrogen) atoms. The molecule has 2 rings (SSSR count). The lowest BCUT2D eigenvalue weighted by Crippen LogP contribution is -2.05. The monoisotopic (exact) mass is 244 g/mol. The van der Waals surface area contributed by atoms with Gasteiger partial charge in [-0.05, 0) is 23.6 Å². The van der Waals surface area contributed by atoms with Crippen LogP contribution in [0.25, 0.3) is 0 Å². The summed E-state index contributed by atoms with van der Waals surface area (Å²) >= 11 is 6.11. The minimum absolute atomic E-state index is 0.175. The van der Waals surface area contributed by atoms with Crippen molar-refractivity contribution in [2.24, 2.45) is 0 Å². The Morgan fingerprint density at radius 3 is 2.29 bits per heavy atom. The van der Waals surface area contributed by atoms with Crippen LogP contribution in [0.15, 0.2) is 54.6 Å². The summed E-state index contributed by atoms with van der Waals surface area (Å²) in [6, 6.07) is 17.5. The normalized spacial score (nSPS) is 12.1. The van der Waals surface area contributed by atoms with Crippen LogP contribution in [0.2, 0.25) is 5.02 Å². The van der Waals surface area contributed by atoms with Gasteiger partial charge in [0.15, 0.2) is 0 Å². The van der Waals surface area contributed by atoms with Gasteiger partial charge in [-0.1, -0.05) is 60.1 Å². The second-order valence-electron chi connectivity index (χ2n) is 3.95. The molecule has 0 bridgehead atoms. The number of benzene rings is 2. The van der Waals surface area contributed by atoms with Gasteiger partial charge in [0, 0.05) is 10.9 Å². The molecule has 0 aliphatic rings. The van der Waals surface area contributed by atoms with Crippen LogP contribution >= 0.6 is 11.6 Å². The fourth-order valence-corrected chi connectivity index (χ4v) is 2.15.